The molecular weight excluding hydrogens is 344 g/mol. The molecule has 0 aliphatic carbocycles. The Bertz CT molecular complexity index is 805. The van der Waals surface area contributed by atoms with E-state index in [9.17, 15) is 13.2 Å². The Balaban J connectivity index is 1.82. The van der Waals surface area contributed by atoms with Crippen molar-refractivity contribution in [2.24, 2.45) is 5.14 Å². The first kappa shape index (κ1) is 18.7. The molecule has 0 radical (unpaired) electrons. The molecule has 4 N–H and O–H groups in total. The van der Waals surface area contributed by atoms with Crippen molar-refractivity contribution in [2.45, 2.75) is 18.2 Å². The van der Waals surface area contributed by atoms with Crippen LogP contribution in [0.3, 0.4) is 0 Å². The molecule has 0 aliphatic rings. The minimum Gasteiger partial charge on any atom is -0.450 e. The van der Waals surface area contributed by atoms with Crippen LogP contribution in [0.15, 0.2) is 47.5 Å². The summed E-state index contributed by atoms with van der Waals surface area (Å²) in [5, 5.41) is 10.8. The Morgan fingerprint density at radius 3 is 2.48 bits per heavy atom. The number of nitrogens with zero attached hydrogens (tertiary/aromatic N) is 1. The highest BCUT2D eigenvalue weighted by atomic mass is 32.2. The Hall–Kier alpha value is -2.65. The number of carbonyl (C=O) groups is 1. The third kappa shape index (κ3) is 6.05. The molecule has 8 nitrogen and oxygen atoms in total. The number of pyridine rings is 1. The van der Waals surface area contributed by atoms with Crippen LogP contribution in [0.4, 0.5) is 16.3 Å². The van der Waals surface area contributed by atoms with E-state index in [1.165, 1.54) is 12.1 Å². The van der Waals surface area contributed by atoms with Gasteiger partial charge < -0.3 is 10.1 Å². The van der Waals surface area contributed by atoms with Gasteiger partial charge in [0.25, 0.3) is 0 Å². The quantitative estimate of drug-likeness (QED) is 0.690. The lowest BCUT2D eigenvalue weighted by Gasteiger charge is -2.08. The molecule has 0 unspecified atom stereocenters. The van der Waals surface area contributed by atoms with Crippen LogP contribution in [-0.2, 0) is 21.2 Å². The van der Waals surface area contributed by atoms with Gasteiger partial charge in [-0.25, -0.2) is 23.3 Å². The summed E-state index contributed by atoms with van der Waals surface area (Å²) in [6.45, 7) is 2.66. The van der Waals surface area contributed by atoms with E-state index in [4.69, 9.17) is 9.88 Å². The molecule has 1 amide bonds. The Morgan fingerprint density at radius 1 is 1.20 bits per heavy atom. The zero-order chi connectivity index (χ0) is 18.3. The van der Waals surface area contributed by atoms with Gasteiger partial charge >= 0.3 is 6.09 Å². The van der Waals surface area contributed by atoms with Crippen LogP contribution in [0.2, 0.25) is 0 Å². The second kappa shape index (κ2) is 8.45. The minimum absolute atomic E-state index is 0.0955. The second-order valence-electron chi connectivity index (χ2n) is 5.14. The normalized spacial score (nSPS) is 11.0. The van der Waals surface area contributed by atoms with Gasteiger partial charge in [0.05, 0.1) is 23.4 Å². The molecular formula is C16H20N4O4S. The third-order valence-corrected chi connectivity index (χ3v) is 4.19. The second-order valence-corrected chi connectivity index (χ2v) is 6.70. The van der Waals surface area contributed by atoms with Crippen molar-refractivity contribution in [3.63, 3.8) is 0 Å². The lowest BCUT2D eigenvalue weighted by Crippen LogP contribution is -2.14. The molecule has 0 saturated carbocycles. The maximum atomic E-state index is 11.3. The molecule has 1 heterocycles. The summed E-state index contributed by atoms with van der Waals surface area (Å²) < 4.78 is 27.2. The molecule has 0 spiro atoms. The van der Waals surface area contributed by atoms with Crippen LogP contribution in [0.25, 0.3) is 0 Å². The van der Waals surface area contributed by atoms with Gasteiger partial charge in [-0.15, -0.1) is 0 Å². The lowest BCUT2D eigenvalue weighted by molar-refractivity contribution is 0.168. The Morgan fingerprint density at radius 2 is 1.92 bits per heavy atom. The van der Waals surface area contributed by atoms with E-state index in [2.05, 4.69) is 15.6 Å². The summed E-state index contributed by atoms with van der Waals surface area (Å²) >= 11 is 0. The van der Waals surface area contributed by atoms with Crippen LogP contribution in [0.5, 0.6) is 0 Å². The maximum Gasteiger partial charge on any atom is 0.412 e. The van der Waals surface area contributed by atoms with Crippen molar-refractivity contribution in [1.82, 2.24) is 4.98 Å². The van der Waals surface area contributed by atoms with Gasteiger partial charge in [-0.05, 0) is 43.2 Å². The van der Waals surface area contributed by atoms with E-state index in [-0.39, 0.29) is 4.90 Å². The number of rotatable bonds is 7. The molecule has 0 atom stereocenters. The van der Waals surface area contributed by atoms with Crippen LogP contribution in [0.1, 0.15) is 12.5 Å². The summed E-state index contributed by atoms with van der Waals surface area (Å²) in [5.74, 6) is 0.405. The van der Waals surface area contributed by atoms with Crippen molar-refractivity contribution in [3.05, 3.63) is 48.2 Å². The maximum absolute atomic E-state index is 11.3. The van der Waals surface area contributed by atoms with E-state index in [0.717, 1.165) is 11.3 Å². The van der Waals surface area contributed by atoms with Crippen molar-refractivity contribution in [1.29, 1.82) is 0 Å². The summed E-state index contributed by atoms with van der Waals surface area (Å²) in [4.78, 5) is 15.5. The fourth-order valence-corrected chi connectivity index (χ4v) is 2.56. The predicted octanol–water partition coefficient (Wildman–Crippen LogP) is 1.95. The zero-order valence-electron chi connectivity index (χ0n) is 13.7. The summed E-state index contributed by atoms with van der Waals surface area (Å²) in [6, 6.07) is 9.89. The molecule has 0 fully saturated rings. The zero-order valence-corrected chi connectivity index (χ0v) is 14.5. The van der Waals surface area contributed by atoms with E-state index >= 15 is 0 Å². The van der Waals surface area contributed by atoms with Crippen LogP contribution in [0, 0.1) is 0 Å². The number of nitrogens with one attached hydrogen (secondary N) is 2. The minimum atomic E-state index is -3.66. The van der Waals surface area contributed by atoms with E-state index in [0.29, 0.717) is 25.4 Å². The molecule has 1 aromatic heterocycles. The first-order valence-electron chi connectivity index (χ1n) is 7.64. The van der Waals surface area contributed by atoms with Crippen molar-refractivity contribution < 1.29 is 17.9 Å². The number of ether oxygens (including phenoxy) is 1. The van der Waals surface area contributed by atoms with E-state index < -0.39 is 16.1 Å². The monoisotopic (exact) mass is 364 g/mol. The van der Waals surface area contributed by atoms with Gasteiger partial charge in [0, 0.05) is 6.54 Å². The molecule has 0 saturated heterocycles. The van der Waals surface area contributed by atoms with Gasteiger partial charge in [-0.1, -0.05) is 12.1 Å². The number of nitrogens with two attached hydrogens (primary N) is 1. The highest BCUT2D eigenvalue weighted by molar-refractivity contribution is 7.89. The number of benzene rings is 1. The highest BCUT2D eigenvalue weighted by Gasteiger charge is 2.06. The van der Waals surface area contributed by atoms with Crippen molar-refractivity contribution >= 4 is 27.6 Å². The van der Waals surface area contributed by atoms with Crippen LogP contribution in [-0.4, -0.2) is 32.6 Å². The third-order valence-electron chi connectivity index (χ3n) is 3.26. The van der Waals surface area contributed by atoms with E-state index in [1.54, 1.807) is 37.4 Å². The predicted molar refractivity (Wildman–Crippen MR) is 94.9 cm³/mol. The fourth-order valence-electron chi connectivity index (χ4n) is 2.04. The standard InChI is InChI=1S/C16H20N4O4S/c1-2-24-16(21)20-15-8-5-13(11-19-15)18-10-9-12-3-6-14(7-4-12)25(17,22)23/h3-8,11,18H,2,9-10H2,1H3,(H2,17,22,23)(H,19,20,21). The number of primary sulfonamides is 1. The lowest BCUT2D eigenvalue weighted by atomic mass is 10.1. The van der Waals surface area contributed by atoms with Crippen molar-refractivity contribution in [3.8, 4) is 0 Å². The van der Waals surface area contributed by atoms with E-state index in [1.807, 2.05) is 0 Å². The van der Waals surface area contributed by atoms with Gasteiger partial charge in [-0.3, -0.25) is 5.32 Å². The Labute approximate surface area is 146 Å². The summed E-state index contributed by atoms with van der Waals surface area (Å²) in [5.41, 5.74) is 1.78. The molecule has 9 heteroatoms. The molecule has 1 aromatic carbocycles. The largest absolute Gasteiger partial charge is 0.450 e. The average Bonchev–Trinajstić information content (AvgIpc) is 2.56. The number of carbonyl (C=O) groups excluding carboxylic acids is 1. The molecule has 0 bridgehead atoms. The van der Waals surface area contributed by atoms with Crippen LogP contribution < -0.4 is 15.8 Å². The number of amides is 1. The number of hydrogen-bond acceptors (Lipinski definition) is 6. The molecule has 25 heavy (non-hydrogen) atoms. The SMILES string of the molecule is CCOC(=O)Nc1ccc(NCCc2ccc(S(N)(=O)=O)cc2)cn1. The summed E-state index contributed by atoms with van der Waals surface area (Å²) in [7, 11) is -3.66. The smallest absolute Gasteiger partial charge is 0.412 e. The van der Waals surface area contributed by atoms with Crippen molar-refractivity contribution in [2.75, 3.05) is 23.8 Å². The van der Waals surface area contributed by atoms with Gasteiger partial charge in [0.15, 0.2) is 0 Å². The molecule has 2 aromatic rings. The van der Waals surface area contributed by atoms with Gasteiger partial charge in [0.1, 0.15) is 5.82 Å². The van der Waals surface area contributed by atoms with Crippen LogP contribution >= 0.6 is 0 Å². The molecule has 134 valence electrons. The topological polar surface area (TPSA) is 123 Å². The highest BCUT2D eigenvalue weighted by Crippen LogP contribution is 2.12. The molecule has 2 rings (SSSR count). The summed E-state index contributed by atoms with van der Waals surface area (Å²) in [6.07, 6.45) is 1.76. The first-order valence-corrected chi connectivity index (χ1v) is 9.18. The number of sulfonamides is 1. The first-order chi connectivity index (χ1) is 11.9. The number of anilines is 2. The Kier molecular flexibility index (Phi) is 6.31. The van der Waals surface area contributed by atoms with Gasteiger partial charge in [0.2, 0.25) is 10.0 Å². The molecule has 0 aliphatic heterocycles. The fraction of sp³-hybridized carbons (Fsp3) is 0.250. The average molecular weight is 364 g/mol. The number of hydrogen-bond donors (Lipinski definition) is 3. The van der Waals surface area contributed by atoms with Gasteiger partial charge in [-0.2, -0.15) is 0 Å². The number of aromatic nitrogens is 1.